The molecular weight excluding hydrogens is 603 g/mol. The van der Waals surface area contributed by atoms with E-state index in [9.17, 15) is 0 Å². The molecule has 2 aliphatic carbocycles. The highest BCUT2D eigenvalue weighted by Gasteiger charge is 2.51. The maximum Gasteiger partial charge on any atom is 0.123 e. The Kier molecular flexibility index (Phi) is 5.87. The van der Waals surface area contributed by atoms with Crippen molar-refractivity contribution in [1.29, 1.82) is 0 Å². The summed E-state index contributed by atoms with van der Waals surface area (Å²) in [5.74, 6) is 0. The third-order valence-corrected chi connectivity index (χ3v) is 11.5. The molecule has 0 amide bonds. The molecule has 1 aliphatic heterocycles. The molecule has 3 heterocycles. The van der Waals surface area contributed by atoms with Crippen LogP contribution < -0.4 is 4.90 Å². The van der Waals surface area contributed by atoms with E-state index < -0.39 is 5.41 Å². The van der Waals surface area contributed by atoms with Gasteiger partial charge in [0.15, 0.2) is 0 Å². The summed E-state index contributed by atoms with van der Waals surface area (Å²) in [5.41, 5.74) is 15.8. The van der Waals surface area contributed by atoms with Gasteiger partial charge in [-0.05, 0) is 104 Å². The Morgan fingerprint density at radius 2 is 1.27 bits per heavy atom. The predicted molar refractivity (Wildman–Crippen MR) is 201 cm³/mol. The molecule has 3 nitrogen and oxygen atoms in total. The van der Waals surface area contributed by atoms with E-state index in [-0.39, 0.29) is 0 Å². The standard InChI is InChI=1S/C44H29N3S/c1-45-42-36-12-4-7-15-41(36)48-43(42)47-24-8-9-31(27-47)30-17-19-35-34-18-16-29(28-20-22-46-23-21-28)25-39(34)44(40(35)26-30)37-13-5-2-10-32(37)33-11-3-6-14-38(33)44/h2-23,25-27H,1,24H2. The van der Waals surface area contributed by atoms with Crippen LogP contribution in [0, 0.1) is 0 Å². The second kappa shape index (κ2) is 10.3. The normalized spacial score (nSPS) is 14.8. The van der Waals surface area contributed by atoms with E-state index in [2.05, 4.69) is 161 Å². The van der Waals surface area contributed by atoms with Crippen molar-refractivity contribution in [2.45, 2.75) is 5.41 Å². The molecule has 0 unspecified atom stereocenters. The van der Waals surface area contributed by atoms with Gasteiger partial charge in [0.1, 0.15) is 10.7 Å². The van der Waals surface area contributed by atoms with Crippen LogP contribution in [0.3, 0.4) is 0 Å². The van der Waals surface area contributed by atoms with Crippen LogP contribution in [-0.2, 0) is 5.41 Å². The fourth-order valence-electron chi connectivity index (χ4n) is 8.28. The minimum Gasteiger partial charge on any atom is -0.334 e. The Labute approximate surface area is 283 Å². The molecule has 0 atom stereocenters. The highest BCUT2D eigenvalue weighted by molar-refractivity contribution is 7.23. The molecule has 10 rings (SSSR count). The SMILES string of the molecule is C=Nc1c(N2C=C(c3ccc4c(c3)C3(c5ccccc5-c5ccccc53)c3cc(-c5ccncc5)ccc3-4)C=CC2)sc2ccccc12. The zero-order chi connectivity index (χ0) is 31.8. The Morgan fingerprint density at radius 1 is 0.646 bits per heavy atom. The van der Waals surface area contributed by atoms with E-state index in [1.807, 2.05) is 12.4 Å². The van der Waals surface area contributed by atoms with Crippen molar-refractivity contribution in [3.8, 4) is 33.4 Å². The molecule has 48 heavy (non-hydrogen) atoms. The van der Waals surface area contributed by atoms with E-state index in [1.54, 1.807) is 11.3 Å². The molecule has 3 aliphatic rings. The number of nitrogens with zero attached hydrogens (tertiary/aromatic N) is 3. The monoisotopic (exact) mass is 631 g/mol. The number of pyridine rings is 1. The first-order chi connectivity index (χ1) is 23.8. The van der Waals surface area contributed by atoms with Gasteiger partial charge in [-0.3, -0.25) is 9.98 Å². The zero-order valence-corrected chi connectivity index (χ0v) is 26.9. The highest BCUT2D eigenvalue weighted by atomic mass is 32.1. The average molecular weight is 632 g/mol. The third kappa shape index (κ3) is 3.69. The molecule has 7 aromatic rings. The number of benzene rings is 5. The van der Waals surface area contributed by atoms with Crippen molar-refractivity contribution >= 4 is 44.4 Å². The van der Waals surface area contributed by atoms with Gasteiger partial charge in [0, 0.05) is 35.2 Å². The van der Waals surface area contributed by atoms with E-state index in [0.717, 1.165) is 22.6 Å². The predicted octanol–water partition coefficient (Wildman–Crippen LogP) is 11.1. The van der Waals surface area contributed by atoms with Gasteiger partial charge in [0.25, 0.3) is 0 Å². The summed E-state index contributed by atoms with van der Waals surface area (Å²) in [6.07, 6.45) is 10.6. The number of hydrogen-bond donors (Lipinski definition) is 0. The van der Waals surface area contributed by atoms with Crippen molar-refractivity contribution < 1.29 is 0 Å². The number of aliphatic imine (C=N–C) groups is 1. The fraction of sp³-hybridized carbons (Fsp3) is 0.0455. The molecule has 4 heteroatoms. The van der Waals surface area contributed by atoms with Gasteiger partial charge in [-0.25, -0.2) is 0 Å². The summed E-state index contributed by atoms with van der Waals surface area (Å²) in [5, 5.41) is 2.28. The fourth-order valence-corrected chi connectivity index (χ4v) is 9.42. The van der Waals surface area contributed by atoms with Crippen LogP contribution >= 0.6 is 11.3 Å². The summed E-state index contributed by atoms with van der Waals surface area (Å²) < 4.78 is 1.22. The highest BCUT2D eigenvalue weighted by Crippen LogP contribution is 2.63. The number of fused-ring (bicyclic) bond motifs is 11. The minimum absolute atomic E-state index is 0.430. The Bertz CT molecular complexity index is 2470. The molecule has 226 valence electrons. The topological polar surface area (TPSA) is 28.5 Å². The van der Waals surface area contributed by atoms with Crippen LogP contribution in [0.15, 0.2) is 157 Å². The minimum atomic E-state index is -0.430. The van der Waals surface area contributed by atoms with Crippen molar-refractivity contribution in [1.82, 2.24) is 4.98 Å². The largest absolute Gasteiger partial charge is 0.334 e. The summed E-state index contributed by atoms with van der Waals surface area (Å²) >= 11 is 1.77. The molecule has 2 aromatic heterocycles. The van der Waals surface area contributed by atoms with Crippen LogP contribution in [0.1, 0.15) is 27.8 Å². The van der Waals surface area contributed by atoms with Gasteiger partial charge < -0.3 is 4.90 Å². The first-order valence-electron chi connectivity index (χ1n) is 16.3. The molecule has 0 N–H and O–H groups in total. The van der Waals surface area contributed by atoms with Crippen LogP contribution in [-0.4, -0.2) is 18.2 Å². The maximum absolute atomic E-state index is 4.48. The molecule has 0 saturated heterocycles. The van der Waals surface area contributed by atoms with Crippen LogP contribution in [0.4, 0.5) is 10.7 Å². The van der Waals surface area contributed by atoms with Crippen molar-refractivity contribution in [3.05, 3.63) is 180 Å². The van der Waals surface area contributed by atoms with Gasteiger partial charge in [0.2, 0.25) is 0 Å². The first-order valence-corrected chi connectivity index (χ1v) is 17.1. The number of rotatable bonds is 4. The summed E-state index contributed by atoms with van der Waals surface area (Å²) in [6.45, 7) is 4.73. The zero-order valence-electron chi connectivity index (χ0n) is 26.1. The lowest BCUT2D eigenvalue weighted by atomic mass is 9.70. The number of allylic oxidation sites excluding steroid dienone is 2. The maximum atomic E-state index is 4.48. The Balaban J connectivity index is 1.19. The smallest absolute Gasteiger partial charge is 0.123 e. The second-order valence-corrected chi connectivity index (χ2v) is 13.7. The molecule has 5 aromatic carbocycles. The lowest BCUT2D eigenvalue weighted by Gasteiger charge is -2.31. The van der Waals surface area contributed by atoms with Crippen molar-refractivity contribution in [2.24, 2.45) is 4.99 Å². The van der Waals surface area contributed by atoms with E-state index in [1.165, 1.54) is 71.5 Å². The lowest BCUT2D eigenvalue weighted by Crippen LogP contribution is -2.26. The van der Waals surface area contributed by atoms with Crippen molar-refractivity contribution in [3.63, 3.8) is 0 Å². The Hall–Kier alpha value is -5.84. The number of anilines is 1. The average Bonchev–Trinajstić information content (AvgIpc) is 3.79. The lowest BCUT2D eigenvalue weighted by molar-refractivity contribution is 0.793. The van der Waals surface area contributed by atoms with E-state index >= 15 is 0 Å². The number of thiophene rings is 1. The third-order valence-electron chi connectivity index (χ3n) is 10.3. The number of hydrogen-bond acceptors (Lipinski definition) is 4. The van der Waals surface area contributed by atoms with Crippen LogP contribution in [0.2, 0.25) is 0 Å². The van der Waals surface area contributed by atoms with Gasteiger partial charge in [-0.15, -0.1) is 11.3 Å². The van der Waals surface area contributed by atoms with Gasteiger partial charge >= 0.3 is 0 Å². The summed E-state index contributed by atoms with van der Waals surface area (Å²) in [6, 6.07) is 44.8. The quantitative estimate of drug-likeness (QED) is 0.181. The molecule has 0 fully saturated rings. The molecule has 0 saturated carbocycles. The van der Waals surface area contributed by atoms with E-state index in [0.29, 0.717) is 0 Å². The number of aromatic nitrogens is 1. The summed E-state index contributed by atoms with van der Waals surface area (Å²) in [4.78, 5) is 11.1. The molecule has 0 bridgehead atoms. The molecular formula is C44H29N3S. The summed E-state index contributed by atoms with van der Waals surface area (Å²) in [7, 11) is 0. The van der Waals surface area contributed by atoms with Gasteiger partial charge in [-0.2, -0.15) is 0 Å². The van der Waals surface area contributed by atoms with Gasteiger partial charge in [-0.1, -0.05) is 103 Å². The van der Waals surface area contributed by atoms with Gasteiger partial charge in [0.05, 0.1) is 5.41 Å². The second-order valence-electron chi connectivity index (χ2n) is 12.6. The van der Waals surface area contributed by atoms with E-state index in [4.69, 9.17) is 0 Å². The Morgan fingerprint density at radius 3 is 2.00 bits per heavy atom. The van der Waals surface area contributed by atoms with Crippen LogP contribution in [0.5, 0.6) is 0 Å². The molecule has 1 spiro atoms. The molecule has 0 radical (unpaired) electrons. The first kappa shape index (κ1) is 27.3. The van der Waals surface area contributed by atoms with Crippen LogP contribution in [0.25, 0.3) is 49.0 Å². The van der Waals surface area contributed by atoms with Crippen molar-refractivity contribution in [2.75, 3.05) is 11.4 Å².